The zero-order valence-corrected chi connectivity index (χ0v) is 16.9. The van der Waals surface area contributed by atoms with Crippen molar-refractivity contribution in [2.24, 2.45) is 0 Å². The van der Waals surface area contributed by atoms with Gasteiger partial charge >= 0.3 is 0 Å². The van der Waals surface area contributed by atoms with Crippen molar-refractivity contribution < 1.29 is 21.6 Å². The van der Waals surface area contributed by atoms with E-state index in [0.29, 0.717) is 5.69 Å². The van der Waals surface area contributed by atoms with Gasteiger partial charge in [0, 0.05) is 24.9 Å². The molecule has 0 saturated carbocycles. The third kappa shape index (κ3) is 6.46. The molecule has 7 nitrogen and oxygen atoms in total. The van der Waals surface area contributed by atoms with Gasteiger partial charge in [-0.15, -0.1) is 0 Å². The zero-order valence-electron chi connectivity index (χ0n) is 15.3. The number of carbonyl (C=O) groups is 1. The van der Waals surface area contributed by atoms with Crippen molar-refractivity contribution in [3.63, 3.8) is 0 Å². The lowest BCUT2D eigenvalue weighted by Crippen LogP contribution is -2.37. The fourth-order valence-corrected chi connectivity index (χ4v) is 4.94. The number of rotatable bonds is 7. The maximum absolute atomic E-state index is 12.4. The molecule has 9 heteroatoms. The second-order valence-corrected chi connectivity index (χ2v) is 10.3. The van der Waals surface area contributed by atoms with Crippen molar-refractivity contribution in [1.29, 1.82) is 0 Å². The molecule has 2 aromatic rings. The topological polar surface area (TPSA) is 109 Å². The number of benzene rings is 2. The summed E-state index contributed by atoms with van der Waals surface area (Å²) in [6.07, 6.45) is 1.06. The van der Waals surface area contributed by atoms with Gasteiger partial charge in [0.1, 0.15) is 9.84 Å². The van der Waals surface area contributed by atoms with Crippen LogP contribution in [0.5, 0.6) is 0 Å². The molecule has 2 aromatic carbocycles. The summed E-state index contributed by atoms with van der Waals surface area (Å²) in [5.41, 5.74) is 2.36. The van der Waals surface area contributed by atoms with Crippen LogP contribution in [0.4, 0.5) is 5.69 Å². The molecule has 0 aliphatic rings. The Morgan fingerprint density at radius 2 is 1.41 bits per heavy atom. The van der Waals surface area contributed by atoms with Gasteiger partial charge in [-0.3, -0.25) is 4.79 Å². The quantitative estimate of drug-likeness (QED) is 0.726. The first kappa shape index (κ1) is 21.1. The van der Waals surface area contributed by atoms with Gasteiger partial charge in [0.25, 0.3) is 0 Å². The van der Waals surface area contributed by atoms with Crippen molar-refractivity contribution >= 4 is 31.5 Å². The predicted molar refractivity (Wildman–Crippen MR) is 106 cm³/mol. The zero-order chi connectivity index (χ0) is 20.2. The number of hydrogen-bond acceptors (Lipinski definition) is 5. The molecule has 0 saturated heterocycles. The van der Waals surface area contributed by atoms with Crippen LogP contribution in [-0.4, -0.2) is 40.8 Å². The summed E-state index contributed by atoms with van der Waals surface area (Å²) >= 11 is 0. The Bertz CT molecular complexity index is 1010. The third-order valence-corrected chi connectivity index (χ3v) is 6.32. The molecule has 0 spiro atoms. The van der Waals surface area contributed by atoms with Crippen LogP contribution in [-0.2, 0) is 24.7 Å². The molecule has 1 unspecified atom stereocenters. The first-order chi connectivity index (χ1) is 12.5. The second kappa shape index (κ2) is 8.20. The summed E-state index contributed by atoms with van der Waals surface area (Å²) < 4.78 is 49.7. The van der Waals surface area contributed by atoms with E-state index >= 15 is 0 Å². The van der Waals surface area contributed by atoms with E-state index in [1.807, 2.05) is 12.1 Å². The van der Waals surface area contributed by atoms with Crippen molar-refractivity contribution in [1.82, 2.24) is 4.72 Å². The molecule has 2 rings (SSSR count). The lowest BCUT2D eigenvalue weighted by Gasteiger charge is -2.13. The largest absolute Gasteiger partial charge is 0.326 e. The van der Waals surface area contributed by atoms with E-state index in [2.05, 4.69) is 10.0 Å². The molecule has 1 atom stereocenters. The Hall–Kier alpha value is -2.23. The average Bonchev–Trinajstić information content (AvgIpc) is 2.53. The number of sulfonamides is 1. The number of amides is 1. The smallest absolute Gasteiger partial charge is 0.240 e. The van der Waals surface area contributed by atoms with Crippen LogP contribution >= 0.6 is 0 Å². The van der Waals surface area contributed by atoms with E-state index in [4.69, 9.17) is 0 Å². The highest BCUT2D eigenvalue weighted by Crippen LogP contribution is 2.23. The number of carbonyl (C=O) groups excluding carboxylic acids is 1. The molecule has 0 bridgehead atoms. The maximum Gasteiger partial charge on any atom is 0.240 e. The van der Waals surface area contributed by atoms with E-state index in [-0.39, 0.29) is 16.6 Å². The van der Waals surface area contributed by atoms with Crippen LogP contribution in [0.3, 0.4) is 0 Å². The van der Waals surface area contributed by atoms with E-state index in [1.54, 1.807) is 24.3 Å². The SMILES string of the molecule is CC(=O)Nc1ccc(-c2ccc(S(=O)(=O)NC(C)CS(C)(=O)=O)cc2)cc1. The normalized spacial score (nSPS) is 13.1. The van der Waals surface area contributed by atoms with Crippen LogP contribution in [0.2, 0.25) is 0 Å². The van der Waals surface area contributed by atoms with Gasteiger partial charge in [-0.25, -0.2) is 21.6 Å². The molecule has 0 heterocycles. The molecule has 27 heavy (non-hydrogen) atoms. The Labute approximate surface area is 159 Å². The van der Waals surface area contributed by atoms with Gasteiger partial charge in [0.05, 0.1) is 10.6 Å². The van der Waals surface area contributed by atoms with Crippen LogP contribution in [0, 0.1) is 0 Å². The number of nitrogens with one attached hydrogen (secondary N) is 2. The summed E-state index contributed by atoms with van der Waals surface area (Å²) in [4.78, 5) is 11.1. The number of hydrogen-bond donors (Lipinski definition) is 2. The predicted octanol–water partition coefficient (Wildman–Crippen LogP) is 2.02. The van der Waals surface area contributed by atoms with Gasteiger partial charge in [-0.1, -0.05) is 24.3 Å². The fourth-order valence-electron chi connectivity index (χ4n) is 2.60. The summed E-state index contributed by atoms with van der Waals surface area (Å²) in [5, 5.41) is 2.68. The minimum absolute atomic E-state index is 0.0569. The van der Waals surface area contributed by atoms with Gasteiger partial charge in [-0.05, 0) is 42.3 Å². The minimum atomic E-state index is -3.81. The number of sulfone groups is 1. The van der Waals surface area contributed by atoms with Crippen molar-refractivity contribution in [3.8, 4) is 11.1 Å². The van der Waals surface area contributed by atoms with Gasteiger partial charge < -0.3 is 5.32 Å². The van der Waals surface area contributed by atoms with Crippen molar-refractivity contribution in [2.75, 3.05) is 17.3 Å². The summed E-state index contributed by atoms with van der Waals surface area (Å²) in [6.45, 7) is 2.93. The van der Waals surface area contributed by atoms with E-state index in [0.717, 1.165) is 17.4 Å². The second-order valence-electron chi connectivity index (χ2n) is 6.40. The van der Waals surface area contributed by atoms with E-state index < -0.39 is 25.9 Å². The Morgan fingerprint density at radius 3 is 1.85 bits per heavy atom. The minimum Gasteiger partial charge on any atom is -0.326 e. The van der Waals surface area contributed by atoms with Gasteiger partial charge in [0.2, 0.25) is 15.9 Å². The van der Waals surface area contributed by atoms with E-state index in [9.17, 15) is 21.6 Å². The molecule has 0 fully saturated rings. The molecular formula is C18H22N2O5S2. The van der Waals surface area contributed by atoms with Gasteiger partial charge in [-0.2, -0.15) is 0 Å². The molecular weight excluding hydrogens is 388 g/mol. The molecule has 1 amide bonds. The fraction of sp³-hybridized carbons (Fsp3) is 0.278. The van der Waals surface area contributed by atoms with Crippen LogP contribution in [0.15, 0.2) is 53.4 Å². The molecule has 0 aliphatic heterocycles. The van der Waals surface area contributed by atoms with Gasteiger partial charge in [0.15, 0.2) is 0 Å². The molecule has 0 aliphatic carbocycles. The first-order valence-electron chi connectivity index (χ1n) is 8.14. The Balaban J connectivity index is 2.15. The lowest BCUT2D eigenvalue weighted by molar-refractivity contribution is -0.114. The number of anilines is 1. The highest BCUT2D eigenvalue weighted by Gasteiger charge is 2.20. The third-order valence-electron chi connectivity index (χ3n) is 3.61. The lowest BCUT2D eigenvalue weighted by atomic mass is 10.1. The average molecular weight is 411 g/mol. The molecule has 0 radical (unpaired) electrons. The standard InChI is InChI=1S/C18H22N2O5S2/c1-13(12-26(3,22)23)20-27(24,25)18-10-6-16(7-11-18)15-4-8-17(9-5-15)19-14(2)21/h4-11,13,20H,12H2,1-3H3,(H,19,21). The monoisotopic (exact) mass is 410 g/mol. The van der Waals surface area contributed by atoms with Crippen LogP contribution in [0.1, 0.15) is 13.8 Å². The summed E-state index contributed by atoms with van der Waals surface area (Å²) in [7, 11) is -7.10. The molecule has 0 aromatic heterocycles. The Kier molecular flexibility index (Phi) is 6.40. The van der Waals surface area contributed by atoms with Crippen LogP contribution in [0.25, 0.3) is 11.1 Å². The van der Waals surface area contributed by atoms with Crippen molar-refractivity contribution in [3.05, 3.63) is 48.5 Å². The highest BCUT2D eigenvalue weighted by molar-refractivity contribution is 7.91. The summed E-state index contributed by atoms with van der Waals surface area (Å²) in [6, 6.07) is 12.7. The molecule has 146 valence electrons. The maximum atomic E-state index is 12.4. The first-order valence-corrected chi connectivity index (χ1v) is 11.7. The highest BCUT2D eigenvalue weighted by atomic mass is 32.2. The Morgan fingerprint density at radius 1 is 0.926 bits per heavy atom. The van der Waals surface area contributed by atoms with E-state index in [1.165, 1.54) is 26.0 Å². The van der Waals surface area contributed by atoms with Crippen LogP contribution < -0.4 is 10.0 Å². The molecule has 2 N–H and O–H groups in total. The van der Waals surface area contributed by atoms with Crippen molar-refractivity contribution in [2.45, 2.75) is 24.8 Å². The summed E-state index contributed by atoms with van der Waals surface area (Å²) in [5.74, 6) is -0.430.